The highest BCUT2D eigenvalue weighted by molar-refractivity contribution is 6.06. The fourth-order valence-corrected chi connectivity index (χ4v) is 3.48. The molecule has 0 fully saturated rings. The normalized spacial score (nSPS) is 11.1. The average molecular weight is 507 g/mol. The zero-order valence-corrected chi connectivity index (χ0v) is 20.7. The Hall–Kier alpha value is -4.93. The maximum atomic E-state index is 13.0. The molecule has 0 radical (unpaired) electrons. The van der Waals surface area contributed by atoms with E-state index in [-0.39, 0.29) is 22.9 Å². The van der Waals surface area contributed by atoms with Gasteiger partial charge in [0.15, 0.2) is 17.3 Å². The summed E-state index contributed by atoms with van der Waals surface area (Å²) in [4.78, 5) is 47.5. The molecule has 0 aliphatic heterocycles. The van der Waals surface area contributed by atoms with Gasteiger partial charge in [0.2, 0.25) is 5.91 Å². The zero-order valence-electron chi connectivity index (χ0n) is 20.7. The Morgan fingerprint density at radius 1 is 0.838 bits per heavy atom. The van der Waals surface area contributed by atoms with Crippen molar-refractivity contribution in [1.29, 1.82) is 0 Å². The van der Waals surface area contributed by atoms with Gasteiger partial charge in [0.1, 0.15) is 0 Å². The first-order chi connectivity index (χ1) is 17.6. The summed E-state index contributed by atoms with van der Waals surface area (Å²) in [5.41, 5.74) is 2.08. The van der Waals surface area contributed by atoms with Gasteiger partial charge in [-0.25, -0.2) is 4.79 Å². The number of nitro benzene ring substituents is 1. The molecule has 37 heavy (non-hydrogen) atoms. The summed E-state index contributed by atoms with van der Waals surface area (Å²) >= 11 is 0. The number of hydrogen-bond donors (Lipinski definition) is 3. The average Bonchev–Trinajstić information content (AvgIpc) is 2.88. The zero-order chi connectivity index (χ0) is 27.1. The Kier molecular flexibility index (Phi) is 8.41. The van der Waals surface area contributed by atoms with Gasteiger partial charge in [-0.2, -0.15) is 0 Å². The smallest absolute Gasteiger partial charge is 0.323 e. The third-order valence-corrected chi connectivity index (χ3v) is 5.56. The van der Waals surface area contributed by atoms with E-state index in [2.05, 4.69) is 16.0 Å². The number of nitro groups is 1. The molecule has 0 aliphatic carbocycles. The summed E-state index contributed by atoms with van der Waals surface area (Å²) in [5.74, 6) is -0.411. The third-order valence-electron chi connectivity index (χ3n) is 5.56. The van der Waals surface area contributed by atoms with Gasteiger partial charge in [0.25, 0.3) is 5.69 Å². The van der Waals surface area contributed by atoms with Gasteiger partial charge in [-0.15, -0.1) is 0 Å². The number of ketones is 1. The van der Waals surface area contributed by atoms with E-state index in [1.165, 1.54) is 57.5 Å². The molecule has 3 amide bonds. The van der Waals surface area contributed by atoms with Crippen molar-refractivity contribution in [2.24, 2.45) is 0 Å². The second-order valence-electron chi connectivity index (χ2n) is 8.03. The lowest BCUT2D eigenvalue weighted by Crippen LogP contribution is -2.21. The van der Waals surface area contributed by atoms with Gasteiger partial charge in [0, 0.05) is 35.1 Å². The summed E-state index contributed by atoms with van der Waals surface area (Å²) in [6, 6.07) is 14.7. The van der Waals surface area contributed by atoms with Gasteiger partial charge < -0.3 is 25.4 Å². The standard InChI is InChI=1S/C26H26N4O7/c1-15(25(32)29-22-14-24(37-4)23(36-3)13-21(22)16(2)31)17-5-7-18(8-6-17)27-26(33)28-19-9-11-20(12-10-19)30(34)35/h5-15H,1-4H3,(H,29,32)(H2,27,28,33). The highest BCUT2D eigenvalue weighted by Gasteiger charge is 2.20. The van der Waals surface area contributed by atoms with E-state index >= 15 is 0 Å². The van der Waals surface area contributed by atoms with Crippen LogP contribution in [-0.4, -0.2) is 36.9 Å². The van der Waals surface area contributed by atoms with Crippen molar-refractivity contribution in [3.05, 3.63) is 81.9 Å². The summed E-state index contributed by atoms with van der Waals surface area (Å²) in [5, 5.41) is 18.8. The first-order valence-corrected chi connectivity index (χ1v) is 11.1. The Bertz CT molecular complexity index is 1320. The summed E-state index contributed by atoms with van der Waals surface area (Å²) in [7, 11) is 2.92. The molecule has 192 valence electrons. The number of carbonyl (C=O) groups excluding carboxylic acids is 3. The van der Waals surface area contributed by atoms with Crippen LogP contribution in [0.3, 0.4) is 0 Å². The topological polar surface area (TPSA) is 149 Å². The van der Waals surface area contributed by atoms with Gasteiger partial charge in [-0.1, -0.05) is 12.1 Å². The predicted octanol–water partition coefficient (Wildman–Crippen LogP) is 5.20. The van der Waals surface area contributed by atoms with Gasteiger partial charge in [-0.05, 0) is 49.7 Å². The van der Waals surface area contributed by atoms with Crippen LogP contribution in [0.5, 0.6) is 11.5 Å². The number of non-ortho nitro benzene ring substituents is 1. The second kappa shape index (κ2) is 11.7. The molecule has 0 spiro atoms. The molecule has 11 nitrogen and oxygen atoms in total. The quantitative estimate of drug-likeness (QED) is 0.205. The van der Waals surface area contributed by atoms with Crippen LogP contribution in [-0.2, 0) is 4.79 Å². The number of nitrogens with zero attached hydrogens (tertiary/aromatic N) is 1. The van der Waals surface area contributed by atoms with E-state index in [0.717, 1.165) is 0 Å². The number of carbonyl (C=O) groups is 3. The van der Waals surface area contributed by atoms with Gasteiger partial charge in [-0.3, -0.25) is 19.7 Å². The maximum absolute atomic E-state index is 13.0. The molecule has 3 N–H and O–H groups in total. The SMILES string of the molecule is COc1cc(NC(=O)C(C)c2ccc(NC(=O)Nc3ccc([N+](=O)[O-])cc3)cc2)c(C(C)=O)cc1OC. The second-order valence-corrected chi connectivity index (χ2v) is 8.03. The molecule has 11 heteroatoms. The van der Waals surface area contributed by atoms with E-state index < -0.39 is 16.9 Å². The Morgan fingerprint density at radius 2 is 1.35 bits per heavy atom. The lowest BCUT2D eigenvalue weighted by molar-refractivity contribution is -0.384. The molecule has 3 rings (SSSR count). The summed E-state index contributed by atoms with van der Waals surface area (Å²) in [6.45, 7) is 3.11. The molecule has 3 aromatic carbocycles. The number of rotatable bonds is 9. The Labute approximate surface area is 212 Å². The first-order valence-electron chi connectivity index (χ1n) is 11.1. The largest absolute Gasteiger partial charge is 0.493 e. The molecule has 0 bridgehead atoms. The summed E-state index contributed by atoms with van der Waals surface area (Å²) < 4.78 is 10.5. The molecule has 0 saturated carbocycles. The minimum atomic E-state index is -0.573. The van der Waals surface area contributed by atoms with Crippen LogP contribution in [0.25, 0.3) is 0 Å². The van der Waals surface area contributed by atoms with Crippen molar-refractivity contribution in [2.45, 2.75) is 19.8 Å². The third kappa shape index (κ3) is 6.60. The molecule has 0 saturated heterocycles. The Balaban J connectivity index is 1.66. The lowest BCUT2D eigenvalue weighted by atomic mass is 9.99. The molecule has 0 heterocycles. The molecule has 0 aliphatic rings. The van der Waals surface area contributed by atoms with Crippen LogP contribution in [0.2, 0.25) is 0 Å². The minimum absolute atomic E-state index is 0.0802. The molecule has 1 unspecified atom stereocenters. The van der Waals surface area contributed by atoms with Crippen molar-refractivity contribution in [1.82, 2.24) is 0 Å². The fourth-order valence-electron chi connectivity index (χ4n) is 3.48. The van der Waals surface area contributed by atoms with Crippen molar-refractivity contribution in [3.63, 3.8) is 0 Å². The number of ether oxygens (including phenoxy) is 2. The van der Waals surface area contributed by atoms with Crippen LogP contribution in [0, 0.1) is 10.1 Å². The first kappa shape index (κ1) is 26.7. The van der Waals surface area contributed by atoms with Crippen LogP contribution < -0.4 is 25.4 Å². The number of Topliss-reactive ketones (excluding diaryl/α,β-unsaturated/α-hetero) is 1. The van der Waals surface area contributed by atoms with Crippen molar-refractivity contribution in [3.8, 4) is 11.5 Å². The van der Waals surface area contributed by atoms with E-state index in [4.69, 9.17) is 9.47 Å². The summed E-state index contributed by atoms with van der Waals surface area (Å²) in [6.07, 6.45) is 0. The van der Waals surface area contributed by atoms with Crippen molar-refractivity contribution < 1.29 is 28.8 Å². The van der Waals surface area contributed by atoms with E-state index in [9.17, 15) is 24.5 Å². The lowest BCUT2D eigenvalue weighted by Gasteiger charge is -2.17. The van der Waals surface area contributed by atoms with Crippen LogP contribution >= 0.6 is 0 Å². The highest BCUT2D eigenvalue weighted by Crippen LogP contribution is 2.34. The number of nitrogens with one attached hydrogen (secondary N) is 3. The van der Waals surface area contributed by atoms with Crippen molar-refractivity contribution in [2.75, 3.05) is 30.2 Å². The number of amides is 3. The number of urea groups is 1. The Morgan fingerprint density at radius 3 is 1.84 bits per heavy atom. The number of methoxy groups -OCH3 is 2. The highest BCUT2D eigenvalue weighted by atomic mass is 16.6. The molecule has 3 aromatic rings. The van der Waals surface area contributed by atoms with Crippen molar-refractivity contribution >= 4 is 40.5 Å². The molecule has 1 atom stereocenters. The fraction of sp³-hybridized carbons (Fsp3) is 0.192. The van der Waals surface area contributed by atoms with Crippen LogP contribution in [0.1, 0.15) is 35.7 Å². The number of benzene rings is 3. The van der Waals surface area contributed by atoms with E-state index in [1.807, 2.05) is 0 Å². The van der Waals surface area contributed by atoms with Crippen LogP contribution in [0.15, 0.2) is 60.7 Å². The maximum Gasteiger partial charge on any atom is 0.323 e. The van der Waals surface area contributed by atoms with Crippen LogP contribution in [0.4, 0.5) is 27.5 Å². The van der Waals surface area contributed by atoms with Gasteiger partial charge in [0.05, 0.1) is 30.7 Å². The van der Waals surface area contributed by atoms with E-state index in [0.29, 0.717) is 34.1 Å². The number of anilines is 3. The molecular formula is C26H26N4O7. The van der Waals surface area contributed by atoms with Gasteiger partial charge >= 0.3 is 6.03 Å². The number of hydrogen-bond acceptors (Lipinski definition) is 7. The molecular weight excluding hydrogens is 480 g/mol. The monoisotopic (exact) mass is 506 g/mol. The molecule has 0 aromatic heterocycles. The van der Waals surface area contributed by atoms with E-state index in [1.54, 1.807) is 31.2 Å². The predicted molar refractivity (Wildman–Crippen MR) is 139 cm³/mol. The minimum Gasteiger partial charge on any atom is -0.493 e.